The molecule has 1 N–H and O–H groups in total. The number of rotatable bonds is 6. The normalized spacial score (nSPS) is 13.7. The van der Waals surface area contributed by atoms with Crippen LogP contribution in [0.5, 0.6) is 5.75 Å². The van der Waals surface area contributed by atoms with Crippen LogP contribution >= 0.6 is 19.1 Å². The lowest BCUT2D eigenvalue weighted by Crippen LogP contribution is -2.23. The van der Waals surface area contributed by atoms with Crippen molar-refractivity contribution in [1.29, 1.82) is 0 Å². The zero-order chi connectivity index (χ0) is 13.6. The van der Waals surface area contributed by atoms with Crippen molar-refractivity contribution in [2.75, 3.05) is 19.8 Å². The molecule has 0 saturated heterocycles. The van der Waals surface area contributed by atoms with E-state index in [2.05, 4.69) is 5.09 Å². The van der Waals surface area contributed by atoms with Crippen LogP contribution in [-0.2, 0) is 14.1 Å². The van der Waals surface area contributed by atoms with Crippen LogP contribution in [-0.4, -0.2) is 25.8 Å². The molecule has 1 aromatic rings. The van der Waals surface area contributed by atoms with E-state index in [0.717, 1.165) is 0 Å². The molecule has 0 amide bonds. The first-order valence-electron chi connectivity index (χ1n) is 5.36. The molecule has 1 rings (SSSR count). The lowest BCUT2D eigenvalue weighted by molar-refractivity contribution is -0.141. The first-order valence-corrected chi connectivity index (χ1v) is 7.81. The van der Waals surface area contributed by atoms with E-state index in [0.29, 0.717) is 10.8 Å². The average Bonchev–Trinajstić information content (AvgIpc) is 2.30. The molecule has 1 atom stereocenters. The summed E-state index contributed by atoms with van der Waals surface area (Å²) in [6, 6.07) is 6.46. The van der Waals surface area contributed by atoms with E-state index in [1.54, 1.807) is 31.2 Å². The molecular formula is C11H15ClNO4P. The van der Waals surface area contributed by atoms with Crippen molar-refractivity contribution in [2.45, 2.75) is 6.92 Å². The molecule has 0 aliphatic rings. The third kappa shape index (κ3) is 5.54. The predicted molar refractivity (Wildman–Crippen MR) is 70.2 cm³/mol. The minimum Gasteiger partial charge on any atom is -0.465 e. The highest BCUT2D eigenvalue weighted by atomic mass is 35.5. The quantitative estimate of drug-likeness (QED) is 0.645. The molecule has 5 nitrogen and oxygen atoms in total. The molecular weight excluding hydrogens is 277 g/mol. The molecule has 0 aliphatic carbocycles. The summed E-state index contributed by atoms with van der Waals surface area (Å²) in [5.41, 5.74) is 0. The summed E-state index contributed by atoms with van der Waals surface area (Å²) < 4.78 is 22.0. The highest BCUT2D eigenvalue weighted by Gasteiger charge is 2.18. The molecule has 0 bridgehead atoms. The van der Waals surface area contributed by atoms with Gasteiger partial charge in [-0.25, -0.2) is 5.09 Å². The molecule has 0 heterocycles. The maximum Gasteiger partial charge on any atom is 0.320 e. The van der Waals surface area contributed by atoms with Crippen molar-refractivity contribution < 1.29 is 18.6 Å². The number of carbonyl (C=O) groups is 1. The number of esters is 1. The number of hydrogen-bond acceptors (Lipinski definition) is 4. The van der Waals surface area contributed by atoms with E-state index in [-0.39, 0.29) is 13.2 Å². The molecule has 0 aliphatic heterocycles. The van der Waals surface area contributed by atoms with Crippen LogP contribution in [0.2, 0.25) is 5.02 Å². The number of ether oxygens (including phenoxy) is 1. The fraction of sp³-hybridized carbons (Fsp3) is 0.364. The third-order valence-corrected chi connectivity index (χ3v) is 3.45. The summed E-state index contributed by atoms with van der Waals surface area (Å²) in [5, 5.41) is 3.10. The van der Waals surface area contributed by atoms with Crippen molar-refractivity contribution in [3.63, 3.8) is 0 Å². The molecule has 18 heavy (non-hydrogen) atoms. The standard InChI is InChI=1S/C11H15ClNO4P/c1-3-16-11(14)8-13-18(2,15)17-10-6-4-9(12)5-7-10/h4-7H,3,8H2,1-2H3,(H,13,15). The molecule has 1 aromatic carbocycles. The number of benzene rings is 1. The maximum absolute atomic E-state index is 12.0. The van der Waals surface area contributed by atoms with Gasteiger partial charge in [-0.05, 0) is 31.2 Å². The number of carbonyl (C=O) groups excluding carboxylic acids is 1. The van der Waals surface area contributed by atoms with Crippen LogP contribution in [0.4, 0.5) is 0 Å². The van der Waals surface area contributed by atoms with Crippen LogP contribution in [0, 0.1) is 0 Å². The van der Waals surface area contributed by atoms with E-state index in [9.17, 15) is 9.36 Å². The minimum atomic E-state index is -3.10. The van der Waals surface area contributed by atoms with Crippen molar-refractivity contribution in [3.05, 3.63) is 29.3 Å². The second-order valence-corrected chi connectivity index (χ2v) is 6.16. The van der Waals surface area contributed by atoms with Gasteiger partial charge in [0.15, 0.2) is 0 Å². The Hall–Kier alpha value is -1.03. The van der Waals surface area contributed by atoms with E-state index >= 15 is 0 Å². The smallest absolute Gasteiger partial charge is 0.320 e. The maximum atomic E-state index is 12.0. The minimum absolute atomic E-state index is 0.158. The van der Waals surface area contributed by atoms with Gasteiger partial charge in [-0.2, -0.15) is 0 Å². The Bertz CT molecular complexity index is 449. The predicted octanol–water partition coefficient (Wildman–Crippen LogP) is 2.69. The van der Waals surface area contributed by atoms with E-state index in [1.807, 2.05) is 0 Å². The number of hydrogen-bond donors (Lipinski definition) is 1. The van der Waals surface area contributed by atoms with Gasteiger partial charge < -0.3 is 9.26 Å². The SMILES string of the molecule is CCOC(=O)CNP(C)(=O)Oc1ccc(Cl)cc1. The molecule has 0 spiro atoms. The van der Waals surface area contributed by atoms with E-state index in [4.69, 9.17) is 20.9 Å². The summed E-state index contributed by atoms with van der Waals surface area (Å²) in [6.45, 7) is 3.22. The first kappa shape index (κ1) is 15.0. The highest BCUT2D eigenvalue weighted by Crippen LogP contribution is 2.38. The molecule has 0 aromatic heterocycles. The fourth-order valence-corrected chi connectivity index (χ4v) is 2.28. The van der Waals surface area contributed by atoms with Crippen molar-refractivity contribution in [1.82, 2.24) is 5.09 Å². The largest absolute Gasteiger partial charge is 0.465 e. The Morgan fingerprint density at radius 3 is 2.56 bits per heavy atom. The zero-order valence-corrected chi connectivity index (χ0v) is 11.8. The number of halogens is 1. The van der Waals surface area contributed by atoms with E-state index < -0.39 is 13.5 Å². The Kier molecular flexibility index (Phi) is 5.66. The summed E-state index contributed by atoms with van der Waals surface area (Å²) in [6.07, 6.45) is 0. The van der Waals surface area contributed by atoms with Gasteiger partial charge in [0, 0.05) is 11.7 Å². The van der Waals surface area contributed by atoms with Crippen LogP contribution in [0.15, 0.2) is 24.3 Å². The molecule has 1 unspecified atom stereocenters. The summed E-state index contributed by atoms with van der Waals surface area (Å²) >= 11 is 5.72. The monoisotopic (exact) mass is 291 g/mol. The van der Waals surface area contributed by atoms with Gasteiger partial charge in [0.1, 0.15) is 12.3 Å². The fourth-order valence-electron chi connectivity index (χ4n) is 1.15. The zero-order valence-electron chi connectivity index (χ0n) is 10.2. The molecule has 0 saturated carbocycles. The van der Waals surface area contributed by atoms with Gasteiger partial charge in [0.25, 0.3) is 0 Å². The Morgan fingerprint density at radius 1 is 1.39 bits per heavy atom. The Morgan fingerprint density at radius 2 is 2.00 bits per heavy atom. The molecule has 0 fully saturated rings. The second-order valence-electron chi connectivity index (χ2n) is 3.53. The van der Waals surface area contributed by atoms with Crippen molar-refractivity contribution in [3.8, 4) is 5.75 Å². The molecule has 7 heteroatoms. The van der Waals surface area contributed by atoms with Gasteiger partial charge in [0.05, 0.1) is 6.61 Å². The van der Waals surface area contributed by atoms with Crippen molar-refractivity contribution in [2.24, 2.45) is 0 Å². The summed E-state index contributed by atoms with van der Waals surface area (Å²) in [5.74, 6) is -0.0547. The summed E-state index contributed by atoms with van der Waals surface area (Å²) in [7, 11) is -3.10. The van der Waals surface area contributed by atoms with Crippen LogP contribution in [0.1, 0.15) is 6.92 Å². The molecule has 0 radical (unpaired) electrons. The first-order chi connectivity index (χ1) is 8.43. The molecule has 100 valence electrons. The third-order valence-electron chi connectivity index (χ3n) is 1.91. The van der Waals surface area contributed by atoms with E-state index in [1.165, 1.54) is 6.66 Å². The summed E-state index contributed by atoms with van der Waals surface area (Å²) in [4.78, 5) is 11.1. The van der Waals surface area contributed by atoms with Gasteiger partial charge in [-0.1, -0.05) is 11.6 Å². The van der Waals surface area contributed by atoms with Gasteiger partial charge in [-0.3, -0.25) is 9.36 Å². The van der Waals surface area contributed by atoms with Gasteiger partial charge in [-0.15, -0.1) is 0 Å². The Labute approximate surface area is 111 Å². The van der Waals surface area contributed by atoms with Crippen LogP contribution in [0.25, 0.3) is 0 Å². The van der Waals surface area contributed by atoms with Crippen LogP contribution in [0.3, 0.4) is 0 Å². The lowest BCUT2D eigenvalue weighted by atomic mass is 10.3. The second kappa shape index (κ2) is 6.78. The van der Waals surface area contributed by atoms with Gasteiger partial charge >= 0.3 is 13.5 Å². The Balaban J connectivity index is 2.51. The topological polar surface area (TPSA) is 64.6 Å². The highest BCUT2D eigenvalue weighted by molar-refractivity contribution is 7.56. The lowest BCUT2D eigenvalue weighted by Gasteiger charge is -2.15. The van der Waals surface area contributed by atoms with Gasteiger partial charge in [0.2, 0.25) is 0 Å². The average molecular weight is 292 g/mol. The number of nitrogens with one attached hydrogen (secondary N) is 1. The van der Waals surface area contributed by atoms with Crippen LogP contribution < -0.4 is 9.61 Å². The van der Waals surface area contributed by atoms with Crippen molar-refractivity contribution >= 4 is 25.1 Å².